The van der Waals surface area contributed by atoms with Gasteiger partial charge in [-0.2, -0.15) is 0 Å². The van der Waals surface area contributed by atoms with Gasteiger partial charge in [-0.3, -0.25) is 4.79 Å². The molecule has 0 amide bonds. The van der Waals surface area contributed by atoms with Crippen molar-refractivity contribution in [3.8, 4) is 0 Å². The molecule has 0 aromatic carbocycles. The molecule has 88 valence electrons. The van der Waals surface area contributed by atoms with E-state index in [1.165, 1.54) is 0 Å². The number of carbonyl (C=O) groups is 1. The van der Waals surface area contributed by atoms with Crippen LogP contribution in [0.15, 0.2) is 0 Å². The van der Waals surface area contributed by atoms with E-state index >= 15 is 0 Å². The number of alkyl halides is 1. The topological polar surface area (TPSA) is 26.3 Å². The highest BCUT2D eigenvalue weighted by molar-refractivity contribution is 9.09. The molecular weight excluding hydrogens is 299 g/mol. The van der Waals surface area contributed by atoms with Gasteiger partial charge in [-0.05, 0) is 0 Å². The van der Waals surface area contributed by atoms with Gasteiger partial charge in [-0.25, -0.2) is 0 Å². The highest BCUT2D eigenvalue weighted by atomic mass is 79.9. The fourth-order valence-electron chi connectivity index (χ4n) is 0.665. The van der Waals surface area contributed by atoms with Gasteiger partial charge in [0, 0.05) is 4.83 Å². The molecular formula is C5H8BrF5O2S. The van der Waals surface area contributed by atoms with E-state index in [0.29, 0.717) is 0 Å². The fraction of sp³-hybridized carbons (Fsp3) is 0.800. The van der Waals surface area contributed by atoms with Crippen LogP contribution in [0.5, 0.6) is 0 Å². The molecule has 0 aliphatic heterocycles. The largest absolute Gasteiger partial charge is 0.469 e. The van der Waals surface area contributed by atoms with Crippen LogP contribution in [0.2, 0.25) is 0 Å². The van der Waals surface area contributed by atoms with Crippen molar-refractivity contribution >= 4 is 32.1 Å². The Kier molecular flexibility index (Phi) is 3.21. The molecule has 0 radical (unpaired) electrons. The lowest BCUT2D eigenvalue weighted by molar-refractivity contribution is -0.140. The van der Waals surface area contributed by atoms with Crippen LogP contribution in [0.1, 0.15) is 6.42 Å². The van der Waals surface area contributed by atoms with Crippen molar-refractivity contribution in [3.05, 3.63) is 0 Å². The van der Waals surface area contributed by atoms with E-state index in [1.807, 2.05) is 0 Å². The van der Waals surface area contributed by atoms with Crippen LogP contribution in [0, 0.1) is 0 Å². The summed E-state index contributed by atoms with van der Waals surface area (Å²) in [6, 6.07) is 0. The summed E-state index contributed by atoms with van der Waals surface area (Å²) in [6.07, 6.45) is -0.748. The van der Waals surface area contributed by atoms with Crippen molar-refractivity contribution in [2.24, 2.45) is 0 Å². The first-order chi connectivity index (χ1) is 5.82. The highest BCUT2D eigenvalue weighted by Crippen LogP contribution is 2.98. The van der Waals surface area contributed by atoms with E-state index in [4.69, 9.17) is 0 Å². The molecule has 0 saturated heterocycles. The maximum atomic E-state index is 11.8. The molecule has 0 heterocycles. The second kappa shape index (κ2) is 3.22. The molecule has 1 unspecified atom stereocenters. The van der Waals surface area contributed by atoms with Crippen molar-refractivity contribution < 1.29 is 29.0 Å². The molecule has 0 spiro atoms. The summed E-state index contributed by atoms with van der Waals surface area (Å²) in [5.41, 5.74) is 0. The average Bonchev–Trinajstić information content (AvgIpc) is 1.79. The molecule has 0 fully saturated rings. The molecule has 0 aromatic heterocycles. The molecule has 0 N–H and O–H groups in total. The molecule has 0 bridgehead atoms. The molecule has 0 rings (SSSR count). The Hall–Kier alpha value is -0.0500. The lowest BCUT2D eigenvalue weighted by atomic mass is 10.3. The summed E-state index contributed by atoms with van der Waals surface area (Å²) in [5, 5.41) is 0. The number of halogens is 6. The summed E-state index contributed by atoms with van der Waals surface area (Å²) in [6.45, 7) is 0. The highest BCUT2D eigenvalue weighted by Gasteiger charge is 2.64. The maximum Gasteiger partial charge on any atom is 0.306 e. The lowest BCUT2D eigenvalue weighted by Gasteiger charge is -2.41. The van der Waals surface area contributed by atoms with E-state index in [2.05, 4.69) is 20.7 Å². The van der Waals surface area contributed by atoms with Gasteiger partial charge in [0.2, 0.25) is 0 Å². The van der Waals surface area contributed by atoms with Crippen LogP contribution in [0.3, 0.4) is 0 Å². The summed E-state index contributed by atoms with van der Waals surface area (Å²) >= 11 is 2.35. The minimum atomic E-state index is -9.44. The summed E-state index contributed by atoms with van der Waals surface area (Å²) < 4.78 is 63.2. The number of hydrogen-bond donors (Lipinski definition) is 0. The van der Waals surface area contributed by atoms with Crippen molar-refractivity contribution in [1.82, 2.24) is 0 Å². The van der Waals surface area contributed by atoms with Crippen LogP contribution in [0.4, 0.5) is 19.4 Å². The molecule has 0 saturated carbocycles. The Morgan fingerprint density at radius 1 is 1.36 bits per heavy atom. The van der Waals surface area contributed by atoms with Gasteiger partial charge in [0.1, 0.15) is 5.75 Å². The molecule has 2 nitrogen and oxygen atoms in total. The zero-order chi connectivity index (χ0) is 11.7. The first kappa shape index (κ1) is 13.9. The van der Waals surface area contributed by atoms with E-state index in [9.17, 15) is 24.2 Å². The Bertz CT molecular complexity index is 236. The van der Waals surface area contributed by atoms with Gasteiger partial charge in [-0.1, -0.05) is 35.4 Å². The average molecular weight is 307 g/mol. The zero-order valence-corrected chi connectivity index (χ0v) is 9.39. The van der Waals surface area contributed by atoms with E-state index < -0.39 is 33.2 Å². The van der Waals surface area contributed by atoms with Gasteiger partial charge in [0.25, 0.3) is 10.2 Å². The summed E-state index contributed by atoms with van der Waals surface area (Å²) in [4.78, 5) is 8.80. The summed E-state index contributed by atoms with van der Waals surface area (Å²) in [5.74, 6) is -3.29. The maximum absolute atomic E-state index is 11.8. The van der Waals surface area contributed by atoms with Gasteiger partial charge in [-0.15, -0.1) is 0 Å². The summed E-state index contributed by atoms with van der Waals surface area (Å²) in [7, 11) is -8.48. The fourth-order valence-corrected chi connectivity index (χ4v) is 3.23. The van der Waals surface area contributed by atoms with Crippen LogP contribution in [-0.2, 0) is 9.53 Å². The third kappa shape index (κ3) is 8.54. The number of hydrogen-bond acceptors (Lipinski definition) is 2. The van der Waals surface area contributed by atoms with Crippen LogP contribution in [0.25, 0.3) is 0 Å². The predicted octanol–water partition coefficient (Wildman–Crippen LogP) is 3.61. The third-order valence-corrected chi connectivity index (χ3v) is 3.22. The minimum Gasteiger partial charge on any atom is -0.469 e. The van der Waals surface area contributed by atoms with Gasteiger partial charge in [0.05, 0.1) is 13.5 Å². The van der Waals surface area contributed by atoms with Crippen molar-refractivity contribution in [2.75, 3.05) is 12.9 Å². The molecule has 0 aliphatic rings. The lowest BCUT2D eigenvalue weighted by Crippen LogP contribution is -2.22. The number of rotatable bonds is 4. The second-order valence-corrected chi connectivity index (χ2v) is 6.56. The minimum absolute atomic E-state index is 0.748. The molecule has 14 heavy (non-hydrogen) atoms. The van der Waals surface area contributed by atoms with Crippen molar-refractivity contribution in [3.63, 3.8) is 0 Å². The number of carbonyl (C=O) groups excluding carboxylic acids is 1. The molecule has 0 aliphatic carbocycles. The SMILES string of the molecule is COC(=O)CC(Br)CS(F)(F)(F)(F)F. The van der Waals surface area contributed by atoms with Crippen molar-refractivity contribution in [1.29, 1.82) is 0 Å². The first-order valence-corrected chi connectivity index (χ1v) is 6.30. The number of methoxy groups -OCH3 is 1. The normalized spacial score (nSPS) is 19.4. The van der Waals surface area contributed by atoms with Crippen LogP contribution in [-0.4, -0.2) is 23.7 Å². The van der Waals surface area contributed by atoms with Crippen LogP contribution >= 0.6 is 26.2 Å². The second-order valence-electron chi connectivity index (χ2n) is 2.67. The zero-order valence-electron chi connectivity index (χ0n) is 6.98. The standard InChI is InChI=1S/C5H8BrF5O2S/c1-13-5(12)2-4(6)3-14(7,8,9,10)11/h4H,2-3H2,1H3. The van der Waals surface area contributed by atoms with Gasteiger partial charge >= 0.3 is 5.97 Å². The van der Waals surface area contributed by atoms with Crippen molar-refractivity contribution in [2.45, 2.75) is 11.2 Å². The third-order valence-electron chi connectivity index (χ3n) is 1.11. The molecule has 9 heteroatoms. The van der Waals surface area contributed by atoms with Gasteiger partial charge < -0.3 is 4.74 Å². The smallest absolute Gasteiger partial charge is 0.306 e. The number of esters is 1. The Labute approximate surface area is 85.6 Å². The predicted molar refractivity (Wildman–Crippen MR) is 47.3 cm³/mol. The van der Waals surface area contributed by atoms with E-state index in [0.717, 1.165) is 7.11 Å². The van der Waals surface area contributed by atoms with E-state index in [-0.39, 0.29) is 0 Å². The van der Waals surface area contributed by atoms with Gasteiger partial charge in [0.15, 0.2) is 0 Å². The Balaban J connectivity index is 4.36. The van der Waals surface area contributed by atoms with E-state index in [1.54, 1.807) is 0 Å². The Morgan fingerprint density at radius 3 is 2.07 bits per heavy atom. The van der Waals surface area contributed by atoms with Crippen LogP contribution < -0.4 is 0 Å². The first-order valence-electron chi connectivity index (χ1n) is 3.26. The molecule has 0 aromatic rings. The number of ether oxygens (including phenoxy) is 1. The quantitative estimate of drug-likeness (QED) is 0.450. The Morgan fingerprint density at radius 2 is 1.79 bits per heavy atom. The monoisotopic (exact) mass is 306 g/mol. The molecule has 1 atom stereocenters.